The van der Waals surface area contributed by atoms with Gasteiger partial charge in [-0.2, -0.15) is 5.01 Å². The van der Waals surface area contributed by atoms with E-state index >= 15 is 0 Å². The van der Waals surface area contributed by atoms with Crippen LogP contribution in [0.25, 0.3) is 17.0 Å². The van der Waals surface area contributed by atoms with E-state index < -0.39 is 11.8 Å². The summed E-state index contributed by atoms with van der Waals surface area (Å²) in [5, 5.41) is 1.42. The number of benzene rings is 2. The van der Waals surface area contributed by atoms with Crippen LogP contribution >= 0.6 is 24.0 Å². The van der Waals surface area contributed by atoms with E-state index in [1.165, 1.54) is 10.9 Å². The van der Waals surface area contributed by atoms with Crippen molar-refractivity contribution in [3.8, 4) is 5.75 Å². The Balaban J connectivity index is 1.47. The van der Waals surface area contributed by atoms with Crippen LogP contribution < -0.4 is 15.7 Å². The van der Waals surface area contributed by atoms with Gasteiger partial charge in [-0.3, -0.25) is 24.4 Å². The number of nitrogens with one attached hydrogen (secondary N) is 1. The van der Waals surface area contributed by atoms with Gasteiger partial charge in [-0.15, -0.1) is 0 Å². The van der Waals surface area contributed by atoms with Crippen LogP contribution in [0.15, 0.2) is 64.6 Å². The molecule has 8 nitrogen and oxygen atoms in total. The van der Waals surface area contributed by atoms with Crippen molar-refractivity contribution in [2.45, 2.75) is 6.54 Å². The fourth-order valence-electron chi connectivity index (χ4n) is 2.95. The van der Waals surface area contributed by atoms with Crippen molar-refractivity contribution in [1.82, 2.24) is 20.0 Å². The fourth-order valence-corrected chi connectivity index (χ4v) is 4.13. The zero-order valence-electron chi connectivity index (χ0n) is 16.3. The van der Waals surface area contributed by atoms with Crippen LogP contribution in [0.2, 0.25) is 0 Å². The van der Waals surface area contributed by atoms with E-state index in [4.69, 9.17) is 17.0 Å². The number of thioether (sulfide) groups is 1. The van der Waals surface area contributed by atoms with Gasteiger partial charge >= 0.3 is 0 Å². The monoisotopic (exact) mass is 452 g/mol. The van der Waals surface area contributed by atoms with E-state index in [-0.39, 0.29) is 16.4 Å². The number of methoxy groups -OCH3 is 1. The van der Waals surface area contributed by atoms with E-state index in [0.717, 1.165) is 22.3 Å². The van der Waals surface area contributed by atoms with Gasteiger partial charge in [-0.1, -0.05) is 36.0 Å². The average Bonchev–Trinajstić information content (AvgIpc) is 3.03. The van der Waals surface area contributed by atoms with Crippen molar-refractivity contribution < 1.29 is 14.3 Å². The molecule has 4 rings (SSSR count). The Hall–Kier alpha value is -3.50. The number of hydrazine groups is 1. The van der Waals surface area contributed by atoms with Crippen LogP contribution in [0.3, 0.4) is 0 Å². The van der Waals surface area contributed by atoms with Crippen LogP contribution in [-0.4, -0.2) is 37.8 Å². The minimum atomic E-state index is -0.568. The Morgan fingerprint density at radius 3 is 2.68 bits per heavy atom. The molecular formula is C21H16N4O4S2. The number of hydrogen-bond donors (Lipinski definition) is 1. The molecule has 0 aliphatic carbocycles. The first-order valence-electron chi connectivity index (χ1n) is 9.12. The van der Waals surface area contributed by atoms with Crippen molar-refractivity contribution in [3.05, 3.63) is 75.7 Å². The molecule has 31 heavy (non-hydrogen) atoms. The first kappa shape index (κ1) is 20.8. The van der Waals surface area contributed by atoms with Crippen LogP contribution in [0.5, 0.6) is 5.75 Å². The topological polar surface area (TPSA) is 93.5 Å². The van der Waals surface area contributed by atoms with Gasteiger partial charge in [0, 0.05) is 0 Å². The molecule has 10 heteroatoms. The van der Waals surface area contributed by atoms with Gasteiger partial charge in [0.15, 0.2) is 4.32 Å². The second-order valence-electron chi connectivity index (χ2n) is 6.52. The van der Waals surface area contributed by atoms with E-state index in [1.54, 1.807) is 49.6 Å². The molecule has 0 spiro atoms. The van der Waals surface area contributed by atoms with Gasteiger partial charge < -0.3 is 4.74 Å². The van der Waals surface area contributed by atoms with E-state index in [9.17, 15) is 14.4 Å². The Bertz CT molecular complexity index is 1280. The summed E-state index contributed by atoms with van der Waals surface area (Å²) >= 11 is 6.32. The number of nitrogens with zero attached hydrogens (tertiary/aromatic N) is 3. The van der Waals surface area contributed by atoms with Gasteiger partial charge in [-0.25, -0.2) is 4.98 Å². The number of thiocarbonyl (C=S) groups is 1. The first-order valence-corrected chi connectivity index (χ1v) is 10.3. The van der Waals surface area contributed by atoms with Gasteiger partial charge in [0.05, 0.1) is 29.2 Å². The van der Waals surface area contributed by atoms with Gasteiger partial charge in [0.25, 0.3) is 17.4 Å². The Labute approximate surface area is 186 Å². The highest BCUT2D eigenvalue weighted by Gasteiger charge is 2.33. The lowest BCUT2D eigenvalue weighted by Crippen LogP contribution is -2.46. The van der Waals surface area contributed by atoms with Crippen molar-refractivity contribution in [1.29, 1.82) is 0 Å². The summed E-state index contributed by atoms with van der Waals surface area (Å²) in [5.74, 6) is -0.306. The average molecular weight is 453 g/mol. The minimum Gasteiger partial charge on any atom is -0.497 e. The summed E-state index contributed by atoms with van der Waals surface area (Å²) in [7, 11) is 1.57. The lowest BCUT2D eigenvalue weighted by Gasteiger charge is -2.16. The molecular weight excluding hydrogens is 436 g/mol. The third-order valence-corrected chi connectivity index (χ3v) is 5.79. The van der Waals surface area contributed by atoms with E-state index in [1.807, 2.05) is 12.1 Å². The molecule has 0 unspecified atom stereocenters. The van der Waals surface area contributed by atoms with Gasteiger partial charge in [0.2, 0.25) is 0 Å². The lowest BCUT2D eigenvalue weighted by atomic mass is 10.2. The molecule has 2 amide bonds. The number of hydrogen-bond acceptors (Lipinski definition) is 7. The molecule has 1 aromatic heterocycles. The Kier molecular flexibility index (Phi) is 5.83. The smallest absolute Gasteiger partial charge is 0.285 e. The Morgan fingerprint density at radius 2 is 1.94 bits per heavy atom. The van der Waals surface area contributed by atoms with Crippen LogP contribution in [0.4, 0.5) is 0 Å². The highest BCUT2D eigenvalue weighted by atomic mass is 32.2. The number of carbonyl (C=O) groups is 2. The van der Waals surface area contributed by atoms with Crippen molar-refractivity contribution in [2.24, 2.45) is 0 Å². The third-order valence-electron chi connectivity index (χ3n) is 4.49. The maximum atomic E-state index is 12.7. The molecule has 2 heterocycles. The summed E-state index contributed by atoms with van der Waals surface area (Å²) < 4.78 is 6.50. The predicted molar refractivity (Wildman–Crippen MR) is 122 cm³/mol. The normalized spacial score (nSPS) is 15.0. The first-order chi connectivity index (χ1) is 15.0. The molecule has 1 N–H and O–H groups in total. The van der Waals surface area contributed by atoms with Crippen molar-refractivity contribution >= 4 is 57.1 Å². The molecule has 0 atom stereocenters. The molecule has 2 aromatic carbocycles. The molecule has 1 fully saturated rings. The third kappa shape index (κ3) is 4.35. The van der Waals surface area contributed by atoms with Crippen LogP contribution in [-0.2, 0) is 16.1 Å². The highest BCUT2D eigenvalue weighted by Crippen LogP contribution is 2.31. The number of rotatable bonds is 5. The largest absolute Gasteiger partial charge is 0.497 e. The van der Waals surface area contributed by atoms with Crippen LogP contribution in [0, 0.1) is 0 Å². The molecule has 3 aromatic rings. The minimum absolute atomic E-state index is 0.196. The molecule has 0 radical (unpaired) electrons. The lowest BCUT2D eigenvalue weighted by molar-refractivity contribution is -0.133. The number of fused-ring (bicyclic) bond motifs is 1. The second-order valence-corrected chi connectivity index (χ2v) is 8.20. The molecule has 1 aliphatic rings. The Morgan fingerprint density at radius 1 is 1.19 bits per heavy atom. The zero-order chi connectivity index (χ0) is 22.0. The number of aromatic nitrogens is 2. The predicted octanol–water partition coefficient (Wildman–Crippen LogP) is 2.34. The summed E-state index contributed by atoms with van der Waals surface area (Å²) in [4.78, 5) is 42.3. The molecule has 0 saturated carbocycles. The van der Waals surface area contributed by atoms with Gasteiger partial charge in [-0.05, 0) is 48.1 Å². The van der Waals surface area contributed by atoms with Crippen molar-refractivity contribution in [2.75, 3.05) is 7.11 Å². The quantitative estimate of drug-likeness (QED) is 0.469. The highest BCUT2D eigenvalue weighted by molar-refractivity contribution is 8.26. The molecule has 1 aliphatic heterocycles. The maximum Gasteiger partial charge on any atom is 0.285 e. The zero-order valence-corrected chi connectivity index (χ0v) is 17.9. The fraction of sp³-hybridized carbons (Fsp3) is 0.0952. The number of para-hydroxylation sites is 1. The summed E-state index contributed by atoms with van der Waals surface area (Å²) in [6.07, 6.45) is 2.99. The summed E-state index contributed by atoms with van der Waals surface area (Å²) in [6.45, 7) is -0.300. The standard InChI is InChI=1S/C21H16N4O4S2/c1-29-14-8-6-13(7-9-14)10-17-20(28)25(21(30)31-17)23-18(26)11-24-12-22-16-5-3-2-4-15(16)19(24)27/h2-10,12H,11H2,1H3,(H,23,26)/b17-10-. The summed E-state index contributed by atoms with van der Waals surface area (Å²) in [6, 6.07) is 14.0. The van der Waals surface area contributed by atoms with E-state index in [2.05, 4.69) is 10.4 Å². The number of carbonyl (C=O) groups excluding carboxylic acids is 2. The maximum absolute atomic E-state index is 12.7. The number of ether oxygens (including phenoxy) is 1. The number of amides is 2. The molecule has 1 saturated heterocycles. The molecule has 0 bridgehead atoms. The van der Waals surface area contributed by atoms with Crippen molar-refractivity contribution in [3.63, 3.8) is 0 Å². The SMILES string of the molecule is COc1ccc(/C=C2\SC(=S)N(NC(=O)Cn3cnc4ccccc4c3=O)C2=O)cc1. The van der Waals surface area contributed by atoms with Gasteiger partial charge in [0.1, 0.15) is 12.3 Å². The van der Waals surface area contributed by atoms with Crippen LogP contribution in [0.1, 0.15) is 5.56 Å². The summed E-state index contributed by atoms with van der Waals surface area (Å²) in [5.41, 5.74) is 3.47. The molecule has 156 valence electrons. The van der Waals surface area contributed by atoms with E-state index in [0.29, 0.717) is 21.6 Å². The second kappa shape index (κ2) is 8.70.